The number of hydrogen-bond donors (Lipinski definition) is 0. The Bertz CT molecular complexity index is 3680. The molecule has 0 heteroatoms. The smallest absolute Gasteiger partial charge is 0.0205 e. The summed E-state index contributed by atoms with van der Waals surface area (Å²) in [6.45, 7) is 0. The molecule has 0 amide bonds. The highest BCUT2D eigenvalue weighted by atomic mass is 14.6. The van der Waals surface area contributed by atoms with E-state index in [0.29, 0.717) is 0 Å². The fourth-order valence-corrected chi connectivity index (χ4v) is 17.9. The average molecular weight is 913 g/mol. The third kappa shape index (κ3) is 4.47. The largest absolute Gasteiger partial charge is 0.0794 e. The summed E-state index contributed by atoms with van der Waals surface area (Å²) in [5, 5.41) is 5.41. The zero-order chi connectivity index (χ0) is 46.2. The molecule has 10 aromatic carbocycles. The molecular formula is C72H48. The Morgan fingerprint density at radius 2 is 0.319 bits per heavy atom. The van der Waals surface area contributed by atoms with Crippen LogP contribution in [0.1, 0.15) is 182 Å². The molecule has 72 heavy (non-hydrogen) atoms. The molecule has 12 bridgehead atoms. The minimum atomic E-state index is 0.224. The summed E-state index contributed by atoms with van der Waals surface area (Å²) in [5.74, 6) is 2.87. The predicted molar refractivity (Wildman–Crippen MR) is 291 cm³/mol. The Labute approximate surface area is 420 Å². The fourth-order valence-electron chi connectivity index (χ4n) is 17.9. The summed E-state index contributed by atoms with van der Waals surface area (Å²) in [6, 6.07) is 78.1. The van der Waals surface area contributed by atoms with E-state index in [9.17, 15) is 0 Å². The second kappa shape index (κ2) is 13.2. The molecule has 336 valence electrons. The van der Waals surface area contributed by atoms with Crippen molar-refractivity contribution < 1.29 is 0 Å². The van der Waals surface area contributed by atoms with Gasteiger partial charge in [0.05, 0.1) is 0 Å². The molecule has 0 spiro atoms. The highest BCUT2D eigenvalue weighted by Crippen LogP contribution is 2.69. The van der Waals surface area contributed by atoms with Gasteiger partial charge in [0.1, 0.15) is 0 Å². The van der Waals surface area contributed by atoms with Crippen molar-refractivity contribution in [2.75, 3.05) is 0 Å². The van der Waals surface area contributed by atoms with Gasteiger partial charge in [0.25, 0.3) is 0 Å². The third-order valence-electron chi connectivity index (χ3n) is 20.4. The highest BCUT2D eigenvalue weighted by Gasteiger charge is 2.54. The molecule has 0 aliphatic heterocycles. The van der Waals surface area contributed by atoms with Gasteiger partial charge < -0.3 is 0 Å². The molecule has 15 aliphatic rings. The van der Waals surface area contributed by atoms with Crippen LogP contribution in [0, 0.1) is 0 Å². The molecule has 0 N–H and O–H groups in total. The number of fused-ring (bicyclic) bond motifs is 4. The van der Waals surface area contributed by atoms with Crippen LogP contribution in [0.3, 0.4) is 0 Å². The van der Waals surface area contributed by atoms with E-state index in [2.05, 4.69) is 218 Å². The maximum absolute atomic E-state index is 2.79. The first kappa shape index (κ1) is 38.0. The standard InChI is InChI=1S/C72H48/c1-2-14-38-30-58-57(29-37(38)13-1)65-45-17-5-6-18-46(45)66(58)70-50-22-10-9-21-49(50)69(65)61-33-53-41-25-26-43(54(53)34-62(61)70)44-28-27-42(41)55-35-63-64(36-56(44)55)72-52-24-12-11-23-51(52)71(63)67-47-19-7-8-20-48(47)68(72)60-32-40-16-4-3-15-39(40)31-59(60)67/h1-36,41-44,65-72H. The van der Waals surface area contributed by atoms with Gasteiger partial charge in [-0.15, -0.1) is 0 Å². The lowest BCUT2D eigenvalue weighted by atomic mass is 9.51. The van der Waals surface area contributed by atoms with Gasteiger partial charge in [-0.25, -0.2) is 0 Å². The van der Waals surface area contributed by atoms with Crippen LogP contribution in [0.2, 0.25) is 0 Å². The van der Waals surface area contributed by atoms with Gasteiger partial charge in [0.15, 0.2) is 0 Å². The van der Waals surface area contributed by atoms with E-state index >= 15 is 0 Å². The van der Waals surface area contributed by atoms with Gasteiger partial charge in [-0.2, -0.15) is 0 Å². The zero-order valence-electron chi connectivity index (χ0n) is 39.7. The van der Waals surface area contributed by atoms with Crippen LogP contribution in [0.4, 0.5) is 0 Å². The molecule has 0 aromatic heterocycles. The lowest BCUT2D eigenvalue weighted by Crippen LogP contribution is -2.37. The summed E-state index contributed by atoms with van der Waals surface area (Å²) in [4.78, 5) is 0. The fraction of sp³-hybridized carbons (Fsp3) is 0.167. The Morgan fingerprint density at radius 3 is 0.514 bits per heavy atom. The van der Waals surface area contributed by atoms with Crippen LogP contribution in [-0.2, 0) is 0 Å². The highest BCUT2D eigenvalue weighted by molar-refractivity contribution is 5.88. The minimum Gasteiger partial charge on any atom is -0.0794 e. The first-order valence-corrected chi connectivity index (χ1v) is 26.9. The Hall–Kier alpha value is -7.80. The number of allylic oxidation sites excluding steroid dienone is 4. The number of rotatable bonds is 0. The van der Waals surface area contributed by atoms with Crippen molar-refractivity contribution in [3.8, 4) is 0 Å². The lowest BCUT2D eigenvalue weighted by Gasteiger charge is -2.52. The molecule has 0 fully saturated rings. The van der Waals surface area contributed by atoms with E-state index in [4.69, 9.17) is 0 Å². The zero-order valence-corrected chi connectivity index (χ0v) is 39.7. The maximum atomic E-state index is 2.79. The van der Waals surface area contributed by atoms with Crippen molar-refractivity contribution in [2.24, 2.45) is 0 Å². The quantitative estimate of drug-likeness (QED) is 0.133. The van der Waals surface area contributed by atoms with Crippen LogP contribution in [0.5, 0.6) is 0 Å². The molecule has 0 nitrogen and oxygen atoms in total. The van der Waals surface area contributed by atoms with E-state index in [-0.39, 0.29) is 71.0 Å². The summed E-state index contributed by atoms with van der Waals surface area (Å²) < 4.78 is 0. The van der Waals surface area contributed by atoms with E-state index in [1.165, 1.54) is 88.3 Å². The summed E-state index contributed by atoms with van der Waals surface area (Å²) in [6.07, 6.45) is 10.6. The molecule has 10 aromatic rings. The molecule has 0 radical (unpaired) electrons. The summed E-state index contributed by atoms with van der Waals surface area (Å²) in [7, 11) is 0. The maximum Gasteiger partial charge on any atom is 0.0205 e. The molecule has 0 saturated carbocycles. The van der Waals surface area contributed by atoms with Crippen molar-refractivity contribution in [3.63, 3.8) is 0 Å². The predicted octanol–water partition coefficient (Wildman–Crippen LogP) is 16.9. The van der Waals surface area contributed by atoms with E-state index < -0.39 is 0 Å². The van der Waals surface area contributed by atoms with E-state index in [1.54, 1.807) is 44.5 Å². The molecule has 12 unspecified atom stereocenters. The summed E-state index contributed by atoms with van der Waals surface area (Å²) >= 11 is 0. The SMILES string of the molecule is C1=CC2c3cc4c(cc3C1C1C=CC2c2cc3c(cc21)C1c2ccccc2C3C2c3ccccc3C1c1cc3ccccc3cc12)C1c2ccccc2C4C2c3ccccc3C1c1cc3ccccc3cc12. The Morgan fingerprint density at radius 1 is 0.153 bits per heavy atom. The molecule has 12 atom stereocenters. The first-order chi connectivity index (χ1) is 35.7. The molecular weight excluding hydrogens is 865 g/mol. The average Bonchev–Trinajstić information content (AvgIpc) is 3.41. The normalized spacial score (nSPS) is 28.4. The lowest BCUT2D eigenvalue weighted by molar-refractivity contribution is 0.518. The van der Waals surface area contributed by atoms with Gasteiger partial charge in [-0.05, 0) is 133 Å². The minimum absolute atomic E-state index is 0.224. The van der Waals surface area contributed by atoms with Crippen molar-refractivity contribution >= 4 is 21.5 Å². The van der Waals surface area contributed by atoms with Gasteiger partial charge in [0.2, 0.25) is 0 Å². The second-order valence-corrected chi connectivity index (χ2v) is 23.1. The van der Waals surface area contributed by atoms with Crippen molar-refractivity contribution in [2.45, 2.75) is 71.0 Å². The number of benzene rings is 10. The third-order valence-corrected chi connectivity index (χ3v) is 20.4. The van der Waals surface area contributed by atoms with Crippen LogP contribution in [0.25, 0.3) is 21.5 Å². The molecule has 0 saturated heterocycles. The van der Waals surface area contributed by atoms with Crippen molar-refractivity contribution in [1.29, 1.82) is 0 Å². The van der Waals surface area contributed by atoms with Crippen molar-refractivity contribution in [1.82, 2.24) is 0 Å². The van der Waals surface area contributed by atoms with Crippen LogP contribution in [0.15, 0.2) is 218 Å². The molecule has 15 aliphatic carbocycles. The number of hydrogen-bond acceptors (Lipinski definition) is 0. The molecule has 25 rings (SSSR count). The van der Waals surface area contributed by atoms with Crippen LogP contribution >= 0.6 is 0 Å². The first-order valence-electron chi connectivity index (χ1n) is 26.9. The second-order valence-electron chi connectivity index (χ2n) is 23.1. The van der Waals surface area contributed by atoms with Crippen LogP contribution < -0.4 is 0 Å². The molecule has 0 heterocycles. The van der Waals surface area contributed by atoms with Gasteiger partial charge >= 0.3 is 0 Å². The van der Waals surface area contributed by atoms with E-state index in [1.807, 2.05) is 0 Å². The van der Waals surface area contributed by atoms with Crippen LogP contribution in [-0.4, -0.2) is 0 Å². The van der Waals surface area contributed by atoms with Crippen molar-refractivity contribution in [3.05, 3.63) is 330 Å². The monoisotopic (exact) mass is 912 g/mol. The Kier molecular flexibility index (Phi) is 6.95. The van der Waals surface area contributed by atoms with Gasteiger partial charge in [-0.3, -0.25) is 0 Å². The topological polar surface area (TPSA) is 0 Å². The van der Waals surface area contributed by atoms with E-state index in [0.717, 1.165) is 0 Å². The summed E-state index contributed by atoms with van der Waals surface area (Å²) in [5.41, 5.74) is 31.0. The Balaban J connectivity index is 0.832. The van der Waals surface area contributed by atoms with Gasteiger partial charge in [0, 0.05) is 71.0 Å². The van der Waals surface area contributed by atoms with Gasteiger partial charge in [-0.1, -0.05) is 218 Å².